The van der Waals surface area contributed by atoms with E-state index in [1.54, 1.807) is 0 Å². The van der Waals surface area contributed by atoms with Crippen molar-refractivity contribution in [1.29, 1.82) is 0 Å². The SMILES string of the molecule is COc1cc([N+](=O)[O-])c([N+](=O)[O-])c([N+](=O)[O-])c1OC. The summed E-state index contributed by atoms with van der Waals surface area (Å²) in [5.74, 6) is -0.892. The highest BCUT2D eigenvalue weighted by Gasteiger charge is 2.42. The molecule has 0 unspecified atom stereocenters. The molecule has 0 saturated carbocycles. The molecule has 11 nitrogen and oxygen atoms in total. The van der Waals surface area contributed by atoms with E-state index in [0.717, 1.165) is 14.2 Å². The number of hydrogen-bond acceptors (Lipinski definition) is 8. The molecule has 0 aliphatic carbocycles. The lowest BCUT2D eigenvalue weighted by molar-refractivity contribution is -0.441. The van der Waals surface area contributed by atoms with Crippen LogP contribution in [-0.2, 0) is 0 Å². The number of benzene rings is 1. The van der Waals surface area contributed by atoms with Crippen LogP contribution < -0.4 is 9.47 Å². The van der Waals surface area contributed by atoms with Crippen LogP contribution in [0, 0.1) is 30.3 Å². The minimum absolute atomic E-state index is 0.341. The van der Waals surface area contributed by atoms with Gasteiger partial charge in [-0.1, -0.05) is 0 Å². The third kappa shape index (κ3) is 2.34. The van der Waals surface area contributed by atoms with Crippen LogP contribution in [0.15, 0.2) is 6.07 Å². The Morgan fingerprint density at radius 3 is 1.74 bits per heavy atom. The van der Waals surface area contributed by atoms with Gasteiger partial charge in [0.1, 0.15) is 0 Å². The monoisotopic (exact) mass is 273 g/mol. The van der Waals surface area contributed by atoms with Crippen molar-refractivity contribution < 1.29 is 24.2 Å². The van der Waals surface area contributed by atoms with Crippen LogP contribution in [0.2, 0.25) is 0 Å². The Hall–Kier alpha value is -2.98. The zero-order valence-corrected chi connectivity index (χ0v) is 9.68. The van der Waals surface area contributed by atoms with Gasteiger partial charge in [0, 0.05) is 0 Å². The van der Waals surface area contributed by atoms with E-state index in [4.69, 9.17) is 4.74 Å². The number of nitro groups is 3. The van der Waals surface area contributed by atoms with Crippen molar-refractivity contribution >= 4 is 17.1 Å². The molecule has 0 amide bonds. The fourth-order valence-corrected chi connectivity index (χ4v) is 1.44. The first-order valence-electron chi connectivity index (χ1n) is 4.57. The van der Waals surface area contributed by atoms with E-state index in [1.807, 2.05) is 0 Å². The van der Waals surface area contributed by atoms with Gasteiger partial charge >= 0.3 is 17.1 Å². The van der Waals surface area contributed by atoms with E-state index in [-0.39, 0.29) is 5.75 Å². The normalized spacial score (nSPS) is 9.79. The average molecular weight is 273 g/mol. The van der Waals surface area contributed by atoms with Gasteiger partial charge in [0.2, 0.25) is 5.75 Å². The summed E-state index contributed by atoms with van der Waals surface area (Å²) in [6.07, 6.45) is 0. The largest absolute Gasteiger partial charge is 0.492 e. The van der Waals surface area contributed by atoms with Gasteiger partial charge in [0.05, 0.1) is 35.1 Å². The molecule has 0 spiro atoms. The highest BCUT2D eigenvalue weighted by atomic mass is 16.7. The van der Waals surface area contributed by atoms with Gasteiger partial charge in [0.25, 0.3) is 0 Å². The second kappa shape index (κ2) is 5.12. The summed E-state index contributed by atoms with van der Waals surface area (Å²) >= 11 is 0. The zero-order valence-electron chi connectivity index (χ0n) is 9.68. The standard InChI is InChI=1S/C8H7N3O8/c1-18-5-3-4(9(12)13)6(10(14)15)7(11(16)17)8(5)19-2/h3H,1-2H3. The van der Waals surface area contributed by atoms with Crippen molar-refractivity contribution in [2.75, 3.05) is 14.2 Å². The maximum Gasteiger partial charge on any atom is 0.426 e. The summed E-state index contributed by atoms with van der Waals surface area (Å²) in [5.41, 5.74) is -3.43. The number of rotatable bonds is 5. The molecule has 0 heterocycles. The van der Waals surface area contributed by atoms with Gasteiger partial charge < -0.3 is 9.47 Å². The van der Waals surface area contributed by atoms with E-state index in [0.29, 0.717) is 6.07 Å². The molecule has 19 heavy (non-hydrogen) atoms. The summed E-state index contributed by atoms with van der Waals surface area (Å²) in [6.45, 7) is 0. The fourth-order valence-electron chi connectivity index (χ4n) is 1.44. The van der Waals surface area contributed by atoms with Crippen LogP contribution in [0.5, 0.6) is 11.5 Å². The number of ether oxygens (including phenoxy) is 2. The summed E-state index contributed by atoms with van der Waals surface area (Å²) in [6, 6.07) is 0.698. The van der Waals surface area contributed by atoms with E-state index in [2.05, 4.69) is 4.74 Å². The molecule has 0 aliphatic rings. The summed E-state index contributed by atoms with van der Waals surface area (Å²) in [4.78, 5) is 29.0. The van der Waals surface area contributed by atoms with Crippen molar-refractivity contribution in [3.63, 3.8) is 0 Å². The Bertz CT molecular complexity index is 570. The Kier molecular flexibility index (Phi) is 3.79. The molecule has 0 aliphatic heterocycles. The van der Waals surface area contributed by atoms with E-state index < -0.39 is 37.6 Å². The van der Waals surface area contributed by atoms with Crippen LogP contribution in [0.4, 0.5) is 17.1 Å². The van der Waals surface area contributed by atoms with Crippen LogP contribution in [0.25, 0.3) is 0 Å². The first-order chi connectivity index (χ1) is 8.84. The van der Waals surface area contributed by atoms with Gasteiger partial charge in [0.15, 0.2) is 5.75 Å². The Balaban J connectivity index is 3.89. The van der Waals surface area contributed by atoms with Gasteiger partial charge in [-0.05, 0) is 0 Å². The molecule has 0 bridgehead atoms. The topological polar surface area (TPSA) is 148 Å². The van der Waals surface area contributed by atoms with E-state index in [1.165, 1.54) is 0 Å². The second-order valence-corrected chi connectivity index (χ2v) is 3.10. The molecule has 1 aromatic carbocycles. The van der Waals surface area contributed by atoms with E-state index in [9.17, 15) is 30.3 Å². The molecule has 0 atom stereocenters. The molecule has 102 valence electrons. The number of hydrogen-bond donors (Lipinski definition) is 0. The summed E-state index contributed by atoms with van der Waals surface area (Å²) in [5, 5.41) is 32.5. The lowest BCUT2D eigenvalue weighted by Crippen LogP contribution is -2.05. The van der Waals surface area contributed by atoms with Crippen LogP contribution in [-0.4, -0.2) is 29.0 Å². The number of nitro benzene ring substituents is 3. The average Bonchev–Trinajstić information content (AvgIpc) is 2.35. The molecule has 11 heteroatoms. The first kappa shape index (κ1) is 14.1. The Morgan fingerprint density at radius 1 is 0.895 bits per heavy atom. The summed E-state index contributed by atoms with van der Waals surface area (Å²) < 4.78 is 9.36. The first-order valence-corrected chi connectivity index (χ1v) is 4.57. The zero-order chi connectivity index (χ0) is 14.7. The van der Waals surface area contributed by atoms with Gasteiger partial charge in [-0.15, -0.1) is 0 Å². The molecular formula is C8H7N3O8. The Labute approximate surface area is 104 Å². The van der Waals surface area contributed by atoms with Crippen molar-refractivity contribution in [1.82, 2.24) is 0 Å². The third-order valence-electron chi connectivity index (χ3n) is 2.16. The number of nitrogens with zero attached hydrogens (tertiary/aromatic N) is 3. The highest BCUT2D eigenvalue weighted by molar-refractivity contribution is 5.76. The molecule has 0 aromatic heterocycles. The van der Waals surface area contributed by atoms with Crippen molar-refractivity contribution in [2.45, 2.75) is 0 Å². The lowest BCUT2D eigenvalue weighted by Gasteiger charge is -2.07. The predicted octanol–water partition coefficient (Wildman–Crippen LogP) is 1.43. The fraction of sp³-hybridized carbons (Fsp3) is 0.250. The van der Waals surface area contributed by atoms with Crippen LogP contribution in [0.3, 0.4) is 0 Å². The van der Waals surface area contributed by atoms with E-state index >= 15 is 0 Å². The maximum atomic E-state index is 10.9. The molecule has 0 radical (unpaired) electrons. The maximum absolute atomic E-state index is 10.9. The second-order valence-electron chi connectivity index (χ2n) is 3.10. The Morgan fingerprint density at radius 2 is 1.42 bits per heavy atom. The van der Waals surface area contributed by atoms with Gasteiger partial charge in [-0.25, -0.2) is 0 Å². The molecule has 1 aromatic rings. The quantitative estimate of drug-likeness (QED) is 0.577. The lowest BCUT2D eigenvalue weighted by atomic mass is 10.2. The highest BCUT2D eigenvalue weighted by Crippen LogP contribution is 2.48. The minimum Gasteiger partial charge on any atom is -0.492 e. The molecule has 0 fully saturated rings. The molecule has 0 saturated heterocycles. The van der Waals surface area contributed by atoms with Crippen molar-refractivity contribution in [3.05, 3.63) is 36.4 Å². The molecule has 1 rings (SSSR count). The number of methoxy groups -OCH3 is 2. The molecule has 0 N–H and O–H groups in total. The van der Waals surface area contributed by atoms with Crippen molar-refractivity contribution in [3.8, 4) is 11.5 Å². The van der Waals surface area contributed by atoms with Gasteiger partial charge in [-0.2, -0.15) is 0 Å². The summed E-state index contributed by atoms with van der Waals surface area (Å²) in [7, 11) is 2.12. The minimum atomic E-state index is -1.26. The van der Waals surface area contributed by atoms with Crippen LogP contribution >= 0.6 is 0 Å². The third-order valence-corrected chi connectivity index (χ3v) is 2.16. The van der Waals surface area contributed by atoms with Gasteiger partial charge in [-0.3, -0.25) is 30.3 Å². The predicted molar refractivity (Wildman–Crippen MR) is 59.5 cm³/mol. The van der Waals surface area contributed by atoms with Crippen LogP contribution in [0.1, 0.15) is 0 Å². The molecular weight excluding hydrogens is 266 g/mol. The smallest absolute Gasteiger partial charge is 0.426 e. The van der Waals surface area contributed by atoms with Crippen molar-refractivity contribution in [2.24, 2.45) is 0 Å².